The molecule has 0 aliphatic heterocycles. The molecule has 88 valence electrons. The van der Waals surface area contributed by atoms with Gasteiger partial charge in [0.25, 0.3) is 0 Å². The van der Waals surface area contributed by atoms with Gasteiger partial charge in [-0.15, -0.1) is 0 Å². The Morgan fingerprint density at radius 1 is 1.12 bits per heavy atom. The summed E-state index contributed by atoms with van der Waals surface area (Å²) in [7, 11) is 0. The van der Waals surface area contributed by atoms with Gasteiger partial charge in [-0.1, -0.05) is 12.2 Å². The van der Waals surface area contributed by atoms with Gasteiger partial charge in [-0.3, -0.25) is 0 Å². The van der Waals surface area contributed by atoms with Gasteiger partial charge in [0.05, 0.1) is 5.56 Å². The first-order valence-corrected chi connectivity index (χ1v) is 5.23. The first-order valence-electron chi connectivity index (χ1n) is 4.60. The van der Waals surface area contributed by atoms with Crippen LogP contribution in [0.1, 0.15) is 5.56 Å². The van der Waals surface area contributed by atoms with Gasteiger partial charge in [-0.05, 0) is 24.3 Å². The molecule has 0 aliphatic rings. The topological polar surface area (TPSA) is 9.23 Å². The summed E-state index contributed by atoms with van der Waals surface area (Å²) in [5.74, 6) is 1.02. The number of rotatable bonds is 4. The van der Waals surface area contributed by atoms with Crippen LogP contribution in [0.25, 0.3) is 0 Å². The Hall–Kier alpha value is -1.10. The Morgan fingerprint density at radius 3 is 2.25 bits per heavy atom. The summed E-state index contributed by atoms with van der Waals surface area (Å²) in [5.41, 5.74) is -0.675. The molecule has 0 aromatic heterocycles. The van der Waals surface area contributed by atoms with E-state index in [1.165, 1.54) is 12.1 Å². The number of ether oxygens (including phenoxy) is 1. The van der Waals surface area contributed by atoms with Crippen LogP contribution in [0.15, 0.2) is 36.4 Å². The lowest BCUT2D eigenvalue weighted by Gasteiger charge is -2.07. The fourth-order valence-corrected chi connectivity index (χ4v) is 1.18. The molecule has 1 aromatic carbocycles. The highest BCUT2D eigenvalue weighted by Crippen LogP contribution is 2.30. The first-order chi connectivity index (χ1) is 7.54. The molecule has 0 heterocycles. The second-order valence-electron chi connectivity index (χ2n) is 2.99. The highest BCUT2D eigenvalue weighted by molar-refractivity contribution is 7.80. The van der Waals surface area contributed by atoms with Crippen molar-refractivity contribution < 1.29 is 17.9 Å². The van der Waals surface area contributed by atoms with Crippen molar-refractivity contribution in [3.8, 4) is 5.75 Å². The fourth-order valence-electron chi connectivity index (χ4n) is 1.03. The van der Waals surface area contributed by atoms with E-state index in [0.29, 0.717) is 18.1 Å². The fraction of sp³-hybridized carbons (Fsp3) is 0.273. The van der Waals surface area contributed by atoms with Crippen LogP contribution in [0.4, 0.5) is 13.2 Å². The molecule has 0 spiro atoms. The molecule has 0 saturated carbocycles. The van der Waals surface area contributed by atoms with Crippen LogP contribution < -0.4 is 4.74 Å². The minimum Gasteiger partial charge on any atom is -0.490 e. The molecule has 0 atom stereocenters. The number of thiol groups is 1. The maximum atomic E-state index is 12.2. The number of halogens is 3. The molecule has 16 heavy (non-hydrogen) atoms. The highest BCUT2D eigenvalue weighted by atomic mass is 32.1. The molecule has 1 rings (SSSR count). The zero-order valence-corrected chi connectivity index (χ0v) is 9.26. The predicted molar refractivity (Wildman–Crippen MR) is 59.9 cm³/mol. The molecule has 0 aliphatic carbocycles. The molecule has 0 fully saturated rings. The summed E-state index contributed by atoms with van der Waals surface area (Å²) >= 11 is 3.96. The normalized spacial score (nSPS) is 12.0. The van der Waals surface area contributed by atoms with E-state index in [2.05, 4.69) is 12.6 Å². The molecule has 0 saturated heterocycles. The maximum absolute atomic E-state index is 12.2. The lowest BCUT2D eigenvalue weighted by molar-refractivity contribution is -0.137. The summed E-state index contributed by atoms with van der Waals surface area (Å²) in [6, 6.07) is 4.60. The van der Waals surface area contributed by atoms with E-state index in [-0.39, 0.29) is 0 Å². The van der Waals surface area contributed by atoms with E-state index in [1.54, 1.807) is 12.2 Å². The van der Waals surface area contributed by atoms with Gasteiger partial charge < -0.3 is 4.74 Å². The highest BCUT2D eigenvalue weighted by Gasteiger charge is 2.29. The number of alkyl halides is 3. The Bertz CT molecular complexity index is 343. The van der Waals surface area contributed by atoms with Crippen LogP contribution in [0, 0.1) is 0 Å². The third-order valence-corrected chi connectivity index (χ3v) is 2.01. The van der Waals surface area contributed by atoms with Gasteiger partial charge in [0, 0.05) is 5.75 Å². The van der Waals surface area contributed by atoms with E-state index in [0.717, 1.165) is 12.1 Å². The summed E-state index contributed by atoms with van der Waals surface area (Å²) < 4.78 is 41.8. The molecule has 0 bridgehead atoms. The minimum absolute atomic E-state index is 0.325. The van der Waals surface area contributed by atoms with E-state index >= 15 is 0 Å². The Morgan fingerprint density at radius 2 is 1.75 bits per heavy atom. The Balaban J connectivity index is 2.55. The smallest absolute Gasteiger partial charge is 0.416 e. The standard InChI is InChI=1S/C11H11F3OS/c12-11(13,14)9-3-5-10(6-4-9)15-7-1-2-8-16/h1-6,16H,7-8H2. The van der Waals surface area contributed by atoms with Crippen molar-refractivity contribution in [2.24, 2.45) is 0 Å². The lowest BCUT2D eigenvalue weighted by Crippen LogP contribution is -2.04. The van der Waals surface area contributed by atoms with Crippen molar-refractivity contribution in [3.05, 3.63) is 42.0 Å². The zero-order valence-electron chi connectivity index (χ0n) is 8.37. The second kappa shape index (κ2) is 5.84. The van der Waals surface area contributed by atoms with Crippen LogP contribution >= 0.6 is 12.6 Å². The van der Waals surface area contributed by atoms with Gasteiger partial charge in [0.2, 0.25) is 0 Å². The lowest BCUT2D eigenvalue weighted by atomic mass is 10.2. The Labute approximate surface area is 97.3 Å². The van der Waals surface area contributed by atoms with E-state index in [1.807, 2.05) is 0 Å². The summed E-state index contributed by atoms with van der Waals surface area (Å²) in [5, 5.41) is 0. The molecule has 0 amide bonds. The molecule has 0 radical (unpaired) electrons. The minimum atomic E-state index is -4.30. The number of benzene rings is 1. The third kappa shape index (κ3) is 4.18. The van der Waals surface area contributed by atoms with Gasteiger partial charge in [0.1, 0.15) is 12.4 Å². The average Bonchev–Trinajstić information content (AvgIpc) is 2.24. The monoisotopic (exact) mass is 248 g/mol. The van der Waals surface area contributed by atoms with Crippen LogP contribution in [0.2, 0.25) is 0 Å². The molecule has 5 heteroatoms. The van der Waals surface area contributed by atoms with Gasteiger partial charge in [-0.25, -0.2) is 0 Å². The summed E-state index contributed by atoms with van der Waals surface area (Å²) in [6.45, 7) is 0.325. The number of hydrogen-bond donors (Lipinski definition) is 1. The van der Waals surface area contributed by atoms with Crippen molar-refractivity contribution in [1.82, 2.24) is 0 Å². The van der Waals surface area contributed by atoms with Gasteiger partial charge in [0.15, 0.2) is 0 Å². The molecule has 0 unspecified atom stereocenters. The first kappa shape index (κ1) is 13.0. The molecule has 1 aromatic rings. The molecule has 0 N–H and O–H groups in total. The Kier molecular flexibility index (Phi) is 4.73. The quantitative estimate of drug-likeness (QED) is 0.633. The van der Waals surface area contributed by atoms with Gasteiger partial charge in [-0.2, -0.15) is 25.8 Å². The van der Waals surface area contributed by atoms with E-state index in [9.17, 15) is 13.2 Å². The SMILES string of the molecule is FC(F)(F)c1ccc(OCC=CCS)cc1. The van der Waals surface area contributed by atoms with E-state index in [4.69, 9.17) is 4.74 Å². The summed E-state index contributed by atoms with van der Waals surface area (Å²) in [4.78, 5) is 0. The maximum Gasteiger partial charge on any atom is 0.416 e. The van der Waals surface area contributed by atoms with Crippen molar-refractivity contribution >= 4 is 12.6 Å². The molecular formula is C11H11F3OS. The van der Waals surface area contributed by atoms with Crippen LogP contribution in [-0.2, 0) is 6.18 Å². The average molecular weight is 248 g/mol. The molecule has 1 nitrogen and oxygen atoms in total. The van der Waals surface area contributed by atoms with Crippen LogP contribution in [0.3, 0.4) is 0 Å². The van der Waals surface area contributed by atoms with Gasteiger partial charge >= 0.3 is 6.18 Å². The third-order valence-electron chi connectivity index (χ3n) is 1.80. The number of hydrogen-bond acceptors (Lipinski definition) is 2. The molecular weight excluding hydrogens is 237 g/mol. The van der Waals surface area contributed by atoms with Crippen LogP contribution in [-0.4, -0.2) is 12.4 Å². The largest absolute Gasteiger partial charge is 0.490 e. The summed E-state index contributed by atoms with van der Waals surface area (Å²) in [6.07, 6.45) is -0.748. The second-order valence-corrected chi connectivity index (χ2v) is 3.35. The van der Waals surface area contributed by atoms with Crippen molar-refractivity contribution in [2.45, 2.75) is 6.18 Å². The van der Waals surface area contributed by atoms with Crippen molar-refractivity contribution in [3.63, 3.8) is 0 Å². The van der Waals surface area contributed by atoms with Crippen molar-refractivity contribution in [2.75, 3.05) is 12.4 Å². The van der Waals surface area contributed by atoms with E-state index < -0.39 is 11.7 Å². The predicted octanol–water partition coefficient (Wildman–Crippen LogP) is 3.57. The van der Waals surface area contributed by atoms with Crippen molar-refractivity contribution in [1.29, 1.82) is 0 Å². The zero-order chi connectivity index (χ0) is 12.0. The van der Waals surface area contributed by atoms with Crippen LogP contribution in [0.5, 0.6) is 5.75 Å².